The van der Waals surface area contributed by atoms with Gasteiger partial charge in [0, 0.05) is 0 Å². The molecule has 0 spiro atoms. The van der Waals surface area contributed by atoms with E-state index in [1.165, 1.54) is 14.2 Å². The van der Waals surface area contributed by atoms with Crippen LogP contribution in [0.1, 0.15) is 25.7 Å². The van der Waals surface area contributed by atoms with Crippen molar-refractivity contribution in [1.82, 2.24) is 0 Å². The summed E-state index contributed by atoms with van der Waals surface area (Å²) >= 11 is 0. The summed E-state index contributed by atoms with van der Waals surface area (Å²) in [6.07, 6.45) is -0.420. The summed E-state index contributed by atoms with van der Waals surface area (Å²) in [6.45, 7) is 0. The van der Waals surface area contributed by atoms with E-state index in [9.17, 15) is 19.2 Å². The zero-order valence-corrected chi connectivity index (χ0v) is 10.2. The van der Waals surface area contributed by atoms with Gasteiger partial charge in [0.05, 0.1) is 39.9 Å². The van der Waals surface area contributed by atoms with Gasteiger partial charge in [0.2, 0.25) is 0 Å². The molecule has 18 heavy (non-hydrogen) atoms. The van der Waals surface area contributed by atoms with Gasteiger partial charge in [0.25, 0.3) is 0 Å². The van der Waals surface area contributed by atoms with Gasteiger partial charge in [0.15, 0.2) is 0 Å². The summed E-state index contributed by atoms with van der Waals surface area (Å²) in [5.41, 5.74) is 0. The van der Waals surface area contributed by atoms with E-state index in [1.807, 2.05) is 0 Å². The zero-order chi connectivity index (χ0) is 14.6. The lowest BCUT2D eigenvalue weighted by Gasteiger charge is -1.92. The average molecular weight is 264 g/mol. The minimum Gasteiger partial charge on any atom is -0.481 e. The number of esters is 2. The molecule has 2 N–H and O–H groups in total. The van der Waals surface area contributed by atoms with Gasteiger partial charge in [0.1, 0.15) is 0 Å². The van der Waals surface area contributed by atoms with Crippen LogP contribution in [-0.4, -0.2) is 48.3 Å². The van der Waals surface area contributed by atoms with E-state index >= 15 is 0 Å². The number of carboxylic acids is 2. The van der Waals surface area contributed by atoms with E-state index in [1.54, 1.807) is 0 Å². The van der Waals surface area contributed by atoms with E-state index < -0.39 is 23.9 Å². The van der Waals surface area contributed by atoms with Crippen LogP contribution in [0.25, 0.3) is 0 Å². The van der Waals surface area contributed by atoms with Gasteiger partial charge in [-0.05, 0) is 0 Å². The largest absolute Gasteiger partial charge is 0.481 e. The van der Waals surface area contributed by atoms with Crippen molar-refractivity contribution in [2.24, 2.45) is 0 Å². The Morgan fingerprint density at radius 1 is 0.722 bits per heavy atom. The molecule has 8 nitrogen and oxygen atoms in total. The Bertz CT molecular complexity index is 266. The first-order valence-electron chi connectivity index (χ1n) is 4.90. The number of ether oxygens (including phenoxy) is 2. The molecule has 0 saturated carbocycles. The van der Waals surface area contributed by atoms with Crippen LogP contribution in [0, 0.1) is 0 Å². The summed E-state index contributed by atoms with van der Waals surface area (Å²) < 4.78 is 8.40. The molecule has 0 rings (SSSR count). The van der Waals surface area contributed by atoms with Crippen molar-refractivity contribution in [1.29, 1.82) is 0 Å². The molecule has 0 bridgehead atoms. The molecule has 0 radical (unpaired) electrons. The zero-order valence-electron chi connectivity index (χ0n) is 10.2. The van der Waals surface area contributed by atoms with Crippen LogP contribution in [0.2, 0.25) is 0 Å². The van der Waals surface area contributed by atoms with Gasteiger partial charge in [-0.3, -0.25) is 19.2 Å². The fourth-order valence-corrected chi connectivity index (χ4v) is 0.622. The van der Waals surface area contributed by atoms with Crippen LogP contribution in [0.15, 0.2) is 0 Å². The Labute approximate surface area is 103 Å². The molecule has 0 aliphatic heterocycles. The molecular weight excluding hydrogens is 248 g/mol. The van der Waals surface area contributed by atoms with Crippen molar-refractivity contribution in [3.63, 3.8) is 0 Å². The van der Waals surface area contributed by atoms with Crippen molar-refractivity contribution in [3.8, 4) is 0 Å². The predicted molar refractivity (Wildman–Crippen MR) is 57.8 cm³/mol. The van der Waals surface area contributed by atoms with Gasteiger partial charge in [-0.15, -0.1) is 0 Å². The van der Waals surface area contributed by atoms with Gasteiger partial charge >= 0.3 is 23.9 Å². The number of hydrogen-bond donors (Lipinski definition) is 2. The van der Waals surface area contributed by atoms with Gasteiger partial charge in [-0.2, -0.15) is 0 Å². The molecule has 0 aliphatic carbocycles. The van der Waals surface area contributed by atoms with Gasteiger partial charge in [-0.1, -0.05) is 0 Å². The Morgan fingerprint density at radius 3 is 1.17 bits per heavy atom. The van der Waals surface area contributed by atoms with Crippen LogP contribution < -0.4 is 0 Å². The molecule has 0 atom stereocenters. The first-order valence-corrected chi connectivity index (χ1v) is 4.90. The second-order valence-corrected chi connectivity index (χ2v) is 2.94. The van der Waals surface area contributed by atoms with Crippen LogP contribution >= 0.6 is 0 Å². The second kappa shape index (κ2) is 11.4. The third-order valence-corrected chi connectivity index (χ3v) is 1.54. The molecule has 0 fully saturated rings. The number of rotatable bonds is 6. The molecule has 0 heterocycles. The number of carbonyl (C=O) groups excluding carboxylic acids is 2. The van der Waals surface area contributed by atoms with Gasteiger partial charge in [-0.25, -0.2) is 0 Å². The first-order chi connectivity index (χ1) is 8.33. The molecule has 0 saturated heterocycles. The maximum absolute atomic E-state index is 10.2. The summed E-state index contributed by atoms with van der Waals surface area (Å²) in [6, 6.07) is 0. The van der Waals surface area contributed by atoms with E-state index in [4.69, 9.17) is 10.2 Å². The number of aliphatic carboxylic acids is 2. The maximum Gasteiger partial charge on any atom is 0.306 e. The van der Waals surface area contributed by atoms with Crippen molar-refractivity contribution < 1.29 is 38.9 Å². The van der Waals surface area contributed by atoms with E-state index in [0.29, 0.717) is 0 Å². The normalized spacial score (nSPS) is 8.56. The maximum atomic E-state index is 10.2. The van der Waals surface area contributed by atoms with E-state index in [0.717, 1.165) is 0 Å². The monoisotopic (exact) mass is 264 g/mol. The highest BCUT2D eigenvalue weighted by Gasteiger charge is 2.03. The van der Waals surface area contributed by atoms with E-state index in [2.05, 4.69) is 9.47 Å². The number of methoxy groups -OCH3 is 2. The standard InChI is InChI=1S/2C5H8O4/c2*1-9-5(8)3-2-4(6)7/h2*2-3H2,1H3,(H,6,7). The predicted octanol–water partition coefficient (Wildman–Crippen LogP) is 0.0484. The van der Waals surface area contributed by atoms with Crippen LogP contribution in [0.3, 0.4) is 0 Å². The van der Waals surface area contributed by atoms with Crippen molar-refractivity contribution >= 4 is 23.9 Å². The summed E-state index contributed by atoms with van der Waals surface area (Å²) in [5.74, 6) is -2.95. The first kappa shape index (κ1) is 18.3. The molecule has 0 aromatic carbocycles. The molecule has 0 aromatic rings. The number of carboxylic acid groups (broad SMARTS) is 2. The highest BCUT2D eigenvalue weighted by Crippen LogP contribution is 1.90. The van der Waals surface area contributed by atoms with Crippen LogP contribution in [0.5, 0.6) is 0 Å². The fraction of sp³-hybridized carbons (Fsp3) is 0.600. The quantitative estimate of drug-likeness (QED) is 0.644. The van der Waals surface area contributed by atoms with Crippen molar-refractivity contribution in [2.75, 3.05) is 14.2 Å². The molecular formula is C10H16O8. The van der Waals surface area contributed by atoms with Crippen LogP contribution in [0.4, 0.5) is 0 Å². The van der Waals surface area contributed by atoms with Crippen molar-refractivity contribution in [2.45, 2.75) is 25.7 Å². The molecule has 0 amide bonds. The third-order valence-electron chi connectivity index (χ3n) is 1.54. The summed E-state index contributed by atoms with van der Waals surface area (Å²) in [7, 11) is 2.45. The smallest absolute Gasteiger partial charge is 0.306 e. The average Bonchev–Trinajstić information content (AvgIpc) is 2.33. The topological polar surface area (TPSA) is 127 Å². The molecule has 0 aromatic heterocycles. The fourth-order valence-electron chi connectivity index (χ4n) is 0.622. The third kappa shape index (κ3) is 16.3. The van der Waals surface area contributed by atoms with E-state index in [-0.39, 0.29) is 25.7 Å². The minimum absolute atomic E-state index is 0.0498. The molecule has 8 heteroatoms. The second-order valence-electron chi connectivity index (χ2n) is 2.94. The summed E-state index contributed by atoms with van der Waals surface area (Å²) in [5, 5.41) is 16.1. The highest BCUT2D eigenvalue weighted by molar-refractivity contribution is 5.76. The Kier molecular flexibility index (Phi) is 11.5. The molecule has 0 aliphatic rings. The Balaban J connectivity index is 0. The lowest BCUT2D eigenvalue weighted by atomic mass is 10.3. The SMILES string of the molecule is COC(=O)CCC(=O)O.COC(=O)CCC(=O)O. The Hall–Kier alpha value is -2.12. The van der Waals surface area contributed by atoms with Gasteiger partial charge < -0.3 is 19.7 Å². The number of carbonyl (C=O) groups is 4. The molecule has 0 unspecified atom stereocenters. The molecule has 104 valence electrons. The number of hydrogen-bond acceptors (Lipinski definition) is 6. The van der Waals surface area contributed by atoms with Crippen LogP contribution in [-0.2, 0) is 28.7 Å². The Morgan fingerprint density at radius 2 is 1.00 bits per heavy atom. The lowest BCUT2D eigenvalue weighted by molar-refractivity contribution is -0.145. The highest BCUT2D eigenvalue weighted by atomic mass is 16.5. The minimum atomic E-state index is -0.986. The van der Waals surface area contributed by atoms with Crippen molar-refractivity contribution in [3.05, 3.63) is 0 Å². The summed E-state index contributed by atoms with van der Waals surface area (Å²) in [4.78, 5) is 40.1. The lowest BCUT2D eigenvalue weighted by Crippen LogP contribution is -2.04.